The Morgan fingerprint density at radius 3 is 3.14 bits per heavy atom. The number of carbonyl (C=O) groups excluding carboxylic acids is 2. The standard InChI is InChI=1S/C16H17N3O3/c20-9-13-4-11-5-14(17-6-15(11)22-13)16(21)18-12-3-10-1-2-19(7-10)8-12/h4-6,9-10,12H,1-3,7-8H2,(H,18,21). The average molecular weight is 299 g/mol. The number of hydrogen-bond donors (Lipinski definition) is 1. The Morgan fingerprint density at radius 2 is 2.32 bits per heavy atom. The highest BCUT2D eigenvalue weighted by Crippen LogP contribution is 2.27. The molecule has 0 saturated carbocycles. The van der Waals surface area contributed by atoms with Crippen LogP contribution in [0, 0.1) is 5.92 Å². The van der Waals surface area contributed by atoms with Crippen molar-refractivity contribution < 1.29 is 14.0 Å². The largest absolute Gasteiger partial charge is 0.452 e. The van der Waals surface area contributed by atoms with Crippen molar-refractivity contribution >= 4 is 23.2 Å². The van der Waals surface area contributed by atoms with Crippen molar-refractivity contribution in [2.75, 3.05) is 19.6 Å². The van der Waals surface area contributed by atoms with Gasteiger partial charge in [0.2, 0.25) is 0 Å². The van der Waals surface area contributed by atoms with Gasteiger partial charge in [0.05, 0.1) is 6.20 Å². The van der Waals surface area contributed by atoms with Crippen molar-refractivity contribution in [3.8, 4) is 0 Å². The van der Waals surface area contributed by atoms with Crippen LogP contribution in [0.3, 0.4) is 0 Å². The fourth-order valence-corrected chi connectivity index (χ4v) is 3.57. The number of nitrogens with zero attached hydrogens (tertiary/aromatic N) is 2. The van der Waals surface area contributed by atoms with E-state index in [2.05, 4.69) is 15.2 Å². The lowest BCUT2D eigenvalue weighted by atomic mass is 9.97. The number of pyridine rings is 1. The summed E-state index contributed by atoms with van der Waals surface area (Å²) in [7, 11) is 0. The summed E-state index contributed by atoms with van der Waals surface area (Å²) in [6.45, 7) is 3.23. The third-order valence-electron chi connectivity index (χ3n) is 4.57. The average Bonchev–Trinajstić information content (AvgIpc) is 3.09. The molecule has 3 unspecified atom stereocenters. The van der Waals surface area contributed by atoms with Crippen LogP contribution in [0.5, 0.6) is 0 Å². The van der Waals surface area contributed by atoms with Crippen molar-refractivity contribution in [3.63, 3.8) is 0 Å². The summed E-state index contributed by atoms with van der Waals surface area (Å²) in [4.78, 5) is 29.6. The van der Waals surface area contributed by atoms with Gasteiger partial charge in [-0.05, 0) is 37.4 Å². The Hall–Kier alpha value is -2.21. The van der Waals surface area contributed by atoms with E-state index in [0.717, 1.165) is 24.9 Å². The number of furan rings is 1. The Labute approximate surface area is 127 Å². The molecule has 2 aromatic heterocycles. The van der Waals surface area contributed by atoms with Crippen LogP contribution in [-0.4, -0.2) is 47.8 Å². The first-order chi connectivity index (χ1) is 10.7. The number of rotatable bonds is 3. The Bertz CT molecular complexity index is 727. The lowest BCUT2D eigenvalue weighted by molar-refractivity contribution is 0.0904. The second kappa shape index (κ2) is 5.21. The minimum atomic E-state index is -0.164. The maximum absolute atomic E-state index is 12.4. The van der Waals surface area contributed by atoms with Crippen molar-refractivity contribution in [1.82, 2.24) is 15.2 Å². The molecule has 0 aromatic carbocycles. The van der Waals surface area contributed by atoms with Crippen molar-refractivity contribution in [2.45, 2.75) is 18.9 Å². The molecule has 4 heterocycles. The van der Waals surface area contributed by atoms with Gasteiger partial charge in [-0.2, -0.15) is 0 Å². The number of hydrogen-bond acceptors (Lipinski definition) is 5. The first-order valence-corrected chi connectivity index (χ1v) is 7.59. The summed E-state index contributed by atoms with van der Waals surface area (Å²) in [5.41, 5.74) is 0.874. The van der Waals surface area contributed by atoms with Crippen molar-refractivity contribution in [3.05, 3.63) is 29.8 Å². The maximum atomic E-state index is 12.4. The molecule has 0 spiro atoms. The molecule has 22 heavy (non-hydrogen) atoms. The number of nitrogens with one attached hydrogen (secondary N) is 1. The molecule has 2 bridgehead atoms. The van der Waals surface area contributed by atoms with Gasteiger partial charge in [-0.3, -0.25) is 9.59 Å². The summed E-state index contributed by atoms with van der Waals surface area (Å²) in [6, 6.07) is 3.48. The summed E-state index contributed by atoms with van der Waals surface area (Å²) >= 11 is 0. The SMILES string of the molecule is O=Cc1cc2cc(C(=O)NC3CC4CCN(C4)C3)ncc2o1. The van der Waals surface area contributed by atoms with E-state index in [0.29, 0.717) is 23.5 Å². The van der Waals surface area contributed by atoms with Gasteiger partial charge in [-0.25, -0.2) is 4.98 Å². The van der Waals surface area contributed by atoms with Crippen molar-refractivity contribution in [1.29, 1.82) is 0 Å². The van der Waals surface area contributed by atoms with Gasteiger partial charge < -0.3 is 14.6 Å². The highest BCUT2D eigenvalue weighted by atomic mass is 16.3. The van der Waals surface area contributed by atoms with E-state index in [4.69, 9.17) is 4.42 Å². The fraction of sp³-hybridized carbons (Fsp3) is 0.438. The quantitative estimate of drug-likeness (QED) is 0.869. The molecule has 2 aliphatic heterocycles. The lowest BCUT2D eigenvalue weighted by Crippen LogP contribution is -2.47. The first-order valence-electron chi connectivity index (χ1n) is 7.59. The van der Waals surface area contributed by atoms with Crippen LogP contribution in [-0.2, 0) is 0 Å². The first kappa shape index (κ1) is 13.5. The van der Waals surface area contributed by atoms with Gasteiger partial charge in [-0.15, -0.1) is 0 Å². The van der Waals surface area contributed by atoms with Crippen LogP contribution in [0.4, 0.5) is 0 Å². The van der Waals surface area contributed by atoms with Crippen LogP contribution in [0.2, 0.25) is 0 Å². The van der Waals surface area contributed by atoms with Crippen LogP contribution in [0.15, 0.2) is 22.7 Å². The third kappa shape index (κ3) is 2.39. The van der Waals surface area contributed by atoms with Crippen LogP contribution in [0.1, 0.15) is 33.9 Å². The van der Waals surface area contributed by atoms with Crippen LogP contribution < -0.4 is 5.32 Å². The molecule has 0 radical (unpaired) electrons. The third-order valence-corrected chi connectivity index (χ3v) is 4.57. The van der Waals surface area contributed by atoms with Gasteiger partial charge in [0.1, 0.15) is 5.69 Å². The van der Waals surface area contributed by atoms with Gasteiger partial charge in [0, 0.05) is 24.5 Å². The minimum absolute atomic E-state index is 0.164. The molecule has 2 aliphatic rings. The maximum Gasteiger partial charge on any atom is 0.270 e. The highest BCUT2D eigenvalue weighted by molar-refractivity contribution is 5.96. The second-order valence-electron chi connectivity index (χ2n) is 6.19. The van der Waals surface area contributed by atoms with Gasteiger partial charge >= 0.3 is 0 Å². The molecule has 6 heteroatoms. The normalized spacial score (nSPS) is 27.0. The zero-order valence-electron chi connectivity index (χ0n) is 12.1. The Morgan fingerprint density at radius 1 is 1.41 bits per heavy atom. The molecule has 2 saturated heterocycles. The molecule has 4 rings (SSSR count). The van der Waals surface area contributed by atoms with Gasteiger partial charge in [0.15, 0.2) is 17.6 Å². The summed E-state index contributed by atoms with van der Waals surface area (Å²) in [5.74, 6) is 0.785. The van der Waals surface area contributed by atoms with E-state index >= 15 is 0 Å². The molecular formula is C16H17N3O3. The summed E-state index contributed by atoms with van der Waals surface area (Å²) in [6.07, 6.45) is 4.42. The zero-order chi connectivity index (χ0) is 15.1. The van der Waals surface area contributed by atoms with Crippen LogP contribution >= 0.6 is 0 Å². The van der Waals surface area contributed by atoms with E-state index in [1.54, 1.807) is 12.1 Å². The number of aldehydes is 1. The highest BCUT2D eigenvalue weighted by Gasteiger charge is 2.33. The molecule has 1 N–H and O–H groups in total. The summed E-state index contributed by atoms with van der Waals surface area (Å²) in [5, 5.41) is 3.80. The monoisotopic (exact) mass is 299 g/mol. The zero-order valence-corrected chi connectivity index (χ0v) is 12.1. The summed E-state index contributed by atoms with van der Waals surface area (Å²) < 4.78 is 5.27. The predicted molar refractivity (Wildman–Crippen MR) is 79.8 cm³/mol. The molecule has 1 amide bonds. The number of carbonyl (C=O) groups is 2. The number of piperidine rings is 1. The minimum Gasteiger partial charge on any atom is -0.452 e. The van der Waals surface area contributed by atoms with Gasteiger partial charge in [-0.1, -0.05) is 0 Å². The van der Waals surface area contributed by atoms with E-state index in [-0.39, 0.29) is 17.7 Å². The fourth-order valence-electron chi connectivity index (χ4n) is 3.57. The number of amides is 1. The molecule has 114 valence electrons. The molecular weight excluding hydrogens is 282 g/mol. The number of aromatic nitrogens is 1. The van der Waals surface area contributed by atoms with Gasteiger partial charge in [0.25, 0.3) is 5.91 Å². The topological polar surface area (TPSA) is 75.4 Å². The molecule has 0 aliphatic carbocycles. The van der Waals surface area contributed by atoms with Crippen LogP contribution in [0.25, 0.3) is 11.0 Å². The molecule has 6 nitrogen and oxygen atoms in total. The second-order valence-corrected chi connectivity index (χ2v) is 6.19. The molecule has 3 atom stereocenters. The Balaban J connectivity index is 1.51. The van der Waals surface area contributed by atoms with E-state index in [1.165, 1.54) is 19.2 Å². The Kier molecular flexibility index (Phi) is 3.18. The lowest BCUT2D eigenvalue weighted by Gasteiger charge is -2.30. The predicted octanol–water partition coefficient (Wildman–Crippen LogP) is 1.46. The molecule has 2 fully saturated rings. The number of fused-ring (bicyclic) bond motifs is 3. The van der Waals surface area contributed by atoms with E-state index < -0.39 is 0 Å². The van der Waals surface area contributed by atoms with Crippen molar-refractivity contribution in [2.24, 2.45) is 5.92 Å². The van der Waals surface area contributed by atoms with E-state index in [9.17, 15) is 9.59 Å². The van der Waals surface area contributed by atoms with E-state index in [1.807, 2.05) is 0 Å². The smallest absolute Gasteiger partial charge is 0.270 e. The molecule has 2 aromatic rings.